The van der Waals surface area contributed by atoms with Crippen LogP contribution in [0.15, 0.2) is 46.8 Å². The molecule has 11 nitrogen and oxygen atoms in total. The average molecular weight is 536 g/mol. The second-order valence-corrected chi connectivity index (χ2v) is 9.77. The minimum absolute atomic E-state index is 0.0455. The van der Waals surface area contributed by atoms with E-state index in [0.29, 0.717) is 67.7 Å². The van der Waals surface area contributed by atoms with Crippen molar-refractivity contribution in [3.05, 3.63) is 58.0 Å². The van der Waals surface area contributed by atoms with Crippen LogP contribution in [0.5, 0.6) is 11.5 Å². The summed E-state index contributed by atoms with van der Waals surface area (Å²) in [6, 6.07) is 8.97. The standard InChI is InChI=1S/C26H29N7O4S/c1-36-19-4-3-18(14-20(19)37-2)30-23-22-25(38-15-29-22)32-26(31-23)33-11-7-17(8-12-33)24(35)28-10-6-16-5-9-27-21(34)13-16/h3-5,9,13-15,17H,6-8,10-12H2,1-2H3,(H,27,34)(H,28,35)(H,30,31,32). The van der Waals surface area contributed by atoms with Gasteiger partial charge in [-0.3, -0.25) is 9.59 Å². The lowest BCUT2D eigenvalue weighted by Crippen LogP contribution is -2.41. The minimum atomic E-state index is -0.137. The molecule has 198 valence electrons. The van der Waals surface area contributed by atoms with Gasteiger partial charge in [-0.15, -0.1) is 11.3 Å². The number of anilines is 3. The number of aromatic amines is 1. The van der Waals surface area contributed by atoms with Crippen molar-refractivity contribution in [2.24, 2.45) is 5.92 Å². The molecule has 4 heterocycles. The third-order valence-electron chi connectivity index (χ3n) is 6.53. The van der Waals surface area contributed by atoms with Gasteiger partial charge in [0.15, 0.2) is 22.1 Å². The Hall–Kier alpha value is -4.19. The number of pyridine rings is 1. The third kappa shape index (κ3) is 5.70. The van der Waals surface area contributed by atoms with Gasteiger partial charge in [0.2, 0.25) is 17.4 Å². The minimum Gasteiger partial charge on any atom is -0.493 e. The molecular weight excluding hydrogens is 506 g/mol. The maximum Gasteiger partial charge on any atom is 0.248 e. The molecule has 1 aliphatic rings. The van der Waals surface area contributed by atoms with Crippen molar-refractivity contribution in [1.29, 1.82) is 0 Å². The molecule has 3 aromatic heterocycles. The van der Waals surface area contributed by atoms with Crippen molar-refractivity contribution >= 4 is 45.0 Å². The van der Waals surface area contributed by atoms with E-state index in [1.165, 1.54) is 11.3 Å². The fraction of sp³-hybridized carbons (Fsp3) is 0.346. The lowest BCUT2D eigenvalue weighted by Gasteiger charge is -2.31. The number of piperidine rings is 1. The molecular formula is C26H29N7O4S. The van der Waals surface area contributed by atoms with Gasteiger partial charge in [0, 0.05) is 49.6 Å². The van der Waals surface area contributed by atoms with Gasteiger partial charge in [0.1, 0.15) is 5.52 Å². The van der Waals surface area contributed by atoms with Gasteiger partial charge in [-0.25, -0.2) is 4.98 Å². The number of hydrogen-bond donors (Lipinski definition) is 3. The molecule has 5 rings (SSSR count). The number of fused-ring (bicyclic) bond motifs is 1. The molecule has 1 aliphatic heterocycles. The van der Waals surface area contributed by atoms with Crippen molar-refractivity contribution in [3.63, 3.8) is 0 Å². The molecule has 12 heteroatoms. The summed E-state index contributed by atoms with van der Waals surface area (Å²) in [5.74, 6) is 2.45. The van der Waals surface area contributed by atoms with Crippen LogP contribution in [-0.2, 0) is 11.2 Å². The van der Waals surface area contributed by atoms with Crippen LogP contribution >= 0.6 is 11.3 Å². The number of H-pyrrole nitrogens is 1. The lowest BCUT2D eigenvalue weighted by molar-refractivity contribution is -0.125. The zero-order valence-electron chi connectivity index (χ0n) is 21.2. The molecule has 0 spiro atoms. The van der Waals surface area contributed by atoms with Crippen molar-refractivity contribution in [3.8, 4) is 11.5 Å². The topological polar surface area (TPSA) is 134 Å². The molecule has 1 saturated heterocycles. The Morgan fingerprint density at radius 1 is 1.13 bits per heavy atom. The number of thiazole rings is 1. The molecule has 4 aromatic rings. The summed E-state index contributed by atoms with van der Waals surface area (Å²) in [6.07, 6.45) is 3.65. The van der Waals surface area contributed by atoms with Crippen molar-refractivity contribution < 1.29 is 14.3 Å². The van der Waals surface area contributed by atoms with E-state index in [-0.39, 0.29) is 17.4 Å². The Labute approximate surface area is 223 Å². The first-order valence-corrected chi connectivity index (χ1v) is 13.2. The highest BCUT2D eigenvalue weighted by Crippen LogP contribution is 2.33. The number of amides is 1. The molecule has 38 heavy (non-hydrogen) atoms. The number of benzene rings is 1. The SMILES string of the molecule is COc1ccc(Nc2nc(N3CCC(C(=O)NCCc4cc[nH]c(=O)c4)CC3)nc3scnc23)cc1OC. The first kappa shape index (κ1) is 25.5. The fourth-order valence-corrected chi connectivity index (χ4v) is 5.14. The average Bonchev–Trinajstić information content (AvgIpc) is 3.42. The molecule has 0 radical (unpaired) electrons. The smallest absolute Gasteiger partial charge is 0.248 e. The van der Waals surface area contributed by atoms with Gasteiger partial charge < -0.3 is 30.0 Å². The van der Waals surface area contributed by atoms with E-state index in [9.17, 15) is 9.59 Å². The zero-order valence-corrected chi connectivity index (χ0v) is 22.0. The first-order valence-electron chi connectivity index (χ1n) is 12.3. The predicted molar refractivity (Wildman–Crippen MR) is 147 cm³/mol. The predicted octanol–water partition coefficient (Wildman–Crippen LogP) is 3.11. The Kier molecular flexibility index (Phi) is 7.68. The molecule has 0 bridgehead atoms. The Bertz CT molecular complexity index is 1480. The molecule has 0 unspecified atom stereocenters. The number of methoxy groups -OCH3 is 2. The van der Waals surface area contributed by atoms with Crippen LogP contribution in [0.1, 0.15) is 18.4 Å². The molecule has 3 N–H and O–H groups in total. The molecule has 0 saturated carbocycles. The summed E-state index contributed by atoms with van der Waals surface area (Å²) in [5.41, 5.74) is 4.00. The molecule has 0 atom stereocenters. The van der Waals surface area contributed by atoms with Gasteiger partial charge in [-0.05, 0) is 43.0 Å². The van der Waals surface area contributed by atoms with E-state index < -0.39 is 0 Å². The van der Waals surface area contributed by atoms with E-state index in [1.807, 2.05) is 24.3 Å². The van der Waals surface area contributed by atoms with Gasteiger partial charge in [-0.1, -0.05) is 0 Å². The highest BCUT2D eigenvalue weighted by atomic mass is 32.1. The number of ether oxygens (including phenoxy) is 2. The normalized spacial score (nSPS) is 13.9. The Morgan fingerprint density at radius 3 is 2.71 bits per heavy atom. The second-order valence-electron chi connectivity index (χ2n) is 8.94. The number of aromatic nitrogens is 4. The van der Waals surface area contributed by atoms with Crippen molar-refractivity contribution in [2.45, 2.75) is 19.3 Å². The largest absolute Gasteiger partial charge is 0.493 e. The van der Waals surface area contributed by atoms with Crippen LogP contribution < -0.4 is 30.6 Å². The number of nitrogens with zero attached hydrogens (tertiary/aromatic N) is 4. The van der Waals surface area contributed by atoms with Crippen molar-refractivity contribution in [1.82, 2.24) is 25.3 Å². The Balaban J connectivity index is 1.23. The zero-order chi connectivity index (χ0) is 26.5. The van der Waals surface area contributed by atoms with E-state index in [0.717, 1.165) is 16.1 Å². The van der Waals surface area contributed by atoms with Gasteiger partial charge in [0.05, 0.1) is 19.7 Å². The number of hydrogen-bond acceptors (Lipinski definition) is 10. The highest BCUT2D eigenvalue weighted by molar-refractivity contribution is 7.16. The summed E-state index contributed by atoms with van der Waals surface area (Å²) in [6.45, 7) is 1.84. The van der Waals surface area contributed by atoms with Crippen LogP contribution in [0.4, 0.5) is 17.5 Å². The summed E-state index contributed by atoms with van der Waals surface area (Å²) < 4.78 is 10.8. The molecule has 1 fully saturated rings. The molecule has 1 aromatic carbocycles. The van der Waals surface area contributed by atoms with Crippen LogP contribution in [0.3, 0.4) is 0 Å². The summed E-state index contributed by atoms with van der Waals surface area (Å²) in [4.78, 5) is 43.6. The second kappa shape index (κ2) is 11.5. The number of rotatable bonds is 9. The van der Waals surface area contributed by atoms with Crippen LogP contribution in [-0.4, -0.2) is 59.7 Å². The van der Waals surface area contributed by atoms with E-state index in [1.54, 1.807) is 32.0 Å². The molecule has 0 aliphatic carbocycles. The van der Waals surface area contributed by atoms with Gasteiger partial charge in [0.25, 0.3) is 0 Å². The monoisotopic (exact) mass is 535 g/mol. The van der Waals surface area contributed by atoms with Crippen molar-refractivity contribution in [2.75, 3.05) is 44.1 Å². The summed E-state index contributed by atoms with van der Waals surface area (Å²) in [7, 11) is 3.19. The molecule has 1 amide bonds. The number of nitrogens with one attached hydrogen (secondary N) is 3. The van der Waals surface area contributed by atoms with Crippen LogP contribution in [0.2, 0.25) is 0 Å². The quantitative estimate of drug-likeness (QED) is 0.295. The fourth-order valence-electron chi connectivity index (χ4n) is 4.49. The number of carbonyl (C=O) groups is 1. The van der Waals surface area contributed by atoms with Gasteiger partial charge >= 0.3 is 0 Å². The maximum absolute atomic E-state index is 12.7. The van der Waals surface area contributed by atoms with Gasteiger partial charge in [-0.2, -0.15) is 9.97 Å². The van der Waals surface area contributed by atoms with E-state index >= 15 is 0 Å². The summed E-state index contributed by atoms with van der Waals surface area (Å²) >= 11 is 1.46. The third-order valence-corrected chi connectivity index (χ3v) is 7.25. The summed E-state index contributed by atoms with van der Waals surface area (Å²) in [5, 5.41) is 6.36. The first-order chi connectivity index (χ1) is 18.5. The van der Waals surface area contributed by atoms with Crippen LogP contribution in [0, 0.1) is 5.92 Å². The van der Waals surface area contributed by atoms with Crippen LogP contribution in [0.25, 0.3) is 10.3 Å². The lowest BCUT2D eigenvalue weighted by atomic mass is 9.96. The maximum atomic E-state index is 12.7. The number of carbonyl (C=O) groups excluding carboxylic acids is 1. The highest BCUT2D eigenvalue weighted by Gasteiger charge is 2.27. The van der Waals surface area contributed by atoms with E-state index in [4.69, 9.17) is 19.4 Å². The Morgan fingerprint density at radius 2 is 1.95 bits per heavy atom. The van der Waals surface area contributed by atoms with E-state index in [2.05, 4.69) is 25.5 Å².